The summed E-state index contributed by atoms with van der Waals surface area (Å²) in [5.41, 5.74) is 0. The second-order valence-corrected chi connectivity index (χ2v) is 9.36. The van der Waals surface area contributed by atoms with E-state index in [1.54, 1.807) is 0 Å². The Morgan fingerprint density at radius 1 is 1.80 bits per heavy atom. The molecule has 3 heteroatoms. The summed E-state index contributed by atoms with van der Waals surface area (Å²) in [4.78, 5) is 0. The molecule has 0 rings (SSSR count). The molecule has 0 aromatic rings. The van der Waals surface area contributed by atoms with E-state index in [4.69, 9.17) is 8.25 Å². The van der Waals surface area contributed by atoms with Gasteiger partial charge in [0.1, 0.15) is 0 Å². The molecule has 0 heterocycles. The number of rotatable bonds is 1. The molecule has 0 aliphatic carbocycles. The molecular weight excluding hydrogens is 291 g/mol. The molecule has 0 aliphatic rings. The molecule has 0 aliphatic heterocycles. The van der Waals surface area contributed by atoms with Crippen molar-refractivity contribution in [2.45, 2.75) is 10.9 Å². The third-order valence-electron chi connectivity index (χ3n) is 0.189. The third-order valence-corrected chi connectivity index (χ3v) is 4.97. The SMILES string of the molecule is C[CH2][Hg][Cl].P. The van der Waals surface area contributed by atoms with Crippen molar-refractivity contribution in [1.82, 2.24) is 0 Å². The van der Waals surface area contributed by atoms with E-state index >= 15 is 0 Å². The van der Waals surface area contributed by atoms with E-state index in [-0.39, 0.29) is 9.90 Å². The largest absolute Gasteiger partial charge is 0.153 e. The molecule has 0 fully saturated rings. The van der Waals surface area contributed by atoms with Gasteiger partial charge >= 0.3 is 42.4 Å². The van der Waals surface area contributed by atoms with Gasteiger partial charge in [0.25, 0.3) is 0 Å². The normalized spacial score (nSPS) is 4.40. The van der Waals surface area contributed by atoms with Crippen LogP contribution in [0.4, 0.5) is 0 Å². The quantitative estimate of drug-likeness (QED) is 0.511. The summed E-state index contributed by atoms with van der Waals surface area (Å²) in [6.45, 7) is 2.15. The van der Waals surface area contributed by atoms with Crippen LogP contribution in [-0.4, -0.2) is 0 Å². The zero-order valence-corrected chi connectivity index (χ0v) is 11.2. The van der Waals surface area contributed by atoms with Crippen molar-refractivity contribution in [2.75, 3.05) is 0 Å². The zero-order chi connectivity index (χ0) is 3.41. The van der Waals surface area contributed by atoms with E-state index in [1.807, 2.05) is 0 Å². The van der Waals surface area contributed by atoms with Gasteiger partial charge in [-0.05, 0) is 0 Å². The van der Waals surface area contributed by atoms with Gasteiger partial charge in [0, 0.05) is 0 Å². The molecule has 5 heavy (non-hydrogen) atoms. The van der Waals surface area contributed by atoms with Crippen LogP contribution in [-0.2, 0) is 23.3 Å². The van der Waals surface area contributed by atoms with E-state index < -0.39 is 23.3 Å². The van der Waals surface area contributed by atoms with Gasteiger partial charge in [-0.15, -0.1) is 0 Å². The van der Waals surface area contributed by atoms with Gasteiger partial charge in [0.2, 0.25) is 0 Å². The van der Waals surface area contributed by atoms with Crippen molar-refractivity contribution in [2.24, 2.45) is 0 Å². The number of halogens is 1. The summed E-state index contributed by atoms with van der Waals surface area (Å²) in [6.07, 6.45) is 0. The van der Waals surface area contributed by atoms with Crippen molar-refractivity contribution in [3.8, 4) is 0 Å². The summed E-state index contributed by atoms with van der Waals surface area (Å²) >= 11 is -0.640. The first-order chi connectivity index (χ1) is 1.91. The Kier molecular flexibility index (Phi) is 18.0. The standard InChI is InChI=1S/C2H5.ClH.Hg.H3P/c1-2;;;/h1H2,2H3;1H;;1H3/q;;+1;/p-1. The maximum atomic E-state index is 5.41. The summed E-state index contributed by atoms with van der Waals surface area (Å²) < 4.78 is 1.31. The summed E-state index contributed by atoms with van der Waals surface area (Å²) in [7, 11) is 5.41. The Morgan fingerprint density at radius 3 is 2.00 bits per heavy atom. The minimum absolute atomic E-state index is 0. The molecule has 0 amide bonds. The van der Waals surface area contributed by atoms with Crippen LogP contribution in [0.25, 0.3) is 0 Å². The second-order valence-electron chi connectivity index (χ2n) is 0.689. The first kappa shape index (κ1) is 9.82. The second kappa shape index (κ2) is 9.17. The molecule has 0 aromatic carbocycles. The fourth-order valence-electron chi connectivity index (χ4n) is 0. The molecule has 0 aromatic heterocycles. The van der Waals surface area contributed by atoms with Crippen LogP contribution in [0.15, 0.2) is 0 Å². The van der Waals surface area contributed by atoms with E-state index in [9.17, 15) is 0 Å². The van der Waals surface area contributed by atoms with Gasteiger partial charge in [-0.25, -0.2) is 0 Å². The van der Waals surface area contributed by atoms with E-state index in [0.717, 1.165) is 0 Å². The van der Waals surface area contributed by atoms with Gasteiger partial charge in [0.15, 0.2) is 0 Å². The fourth-order valence-corrected chi connectivity index (χ4v) is 0. The van der Waals surface area contributed by atoms with Crippen LogP contribution in [0, 0.1) is 0 Å². The Balaban J connectivity index is 0. The fraction of sp³-hybridized carbons (Fsp3) is 1.00. The first-order valence-electron chi connectivity index (χ1n) is 1.47. The molecule has 1 unspecified atom stereocenters. The molecule has 0 saturated carbocycles. The molecule has 30 valence electrons. The predicted octanol–water partition coefficient (Wildman–Crippen LogP) is 1.72. The van der Waals surface area contributed by atoms with Crippen LogP contribution in [0.5, 0.6) is 0 Å². The van der Waals surface area contributed by atoms with Gasteiger partial charge in [-0.2, -0.15) is 9.90 Å². The zero-order valence-electron chi connectivity index (χ0n) is 3.50. The van der Waals surface area contributed by atoms with Crippen molar-refractivity contribution in [3.05, 3.63) is 0 Å². The summed E-state index contributed by atoms with van der Waals surface area (Å²) in [5, 5.41) is 0. The van der Waals surface area contributed by atoms with Crippen molar-refractivity contribution in [3.63, 3.8) is 0 Å². The smallest absolute Gasteiger partial charge is 0.153 e. The Bertz CT molecular complexity index is 11.6. The molecule has 0 bridgehead atoms. The minimum atomic E-state index is -0.640. The Morgan fingerprint density at radius 2 is 2.00 bits per heavy atom. The van der Waals surface area contributed by atoms with Crippen molar-refractivity contribution in [1.29, 1.82) is 0 Å². The minimum Gasteiger partial charge on any atom is -0.153 e. The van der Waals surface area contributed by atoms with Crippen LogP contribution in [0.1, 0.15) is 6.92 Å². The molecular formula is C2H8ClHgP. The van der Waals surface area contributed by atoms with E-state index in [1.165, 1.54) is 3.93 Å². The Labute approximate surface area is 52.2 Å². The topological polar surface area (TPSA) is 0 Å². The predicted molar refractivity (Wildman–Crippen MR) is 27.4 cm³/mol. The van der Waals surface area contributed by atoms with E-state index in [2.05, 4.69) is 6.92 Å². The third kappa shape index (κ3) is 10.7. The maximum Gasteiger partial charge on any atom is -0.153 e. The van der Waals surface area contributed by atoms with Crippen LogP contribution in [0.3, 0.4) is 0 Å². The molecule has 0 spiro atoms. The number of hydrogen-bond donors (Lipinski definition) is 0. The van der Waals surface area contributed by atoms with Crippen molar-refractivity contribution < 1.29 is 23.3 Å². The van der Waals surface area contributed by atoms with Crippen LogP contribution in [0.2, 0.25) is 3.93 Å². The van der Waals surface area contributed by atoms with Crippen LogP contribution < -0.4 is 0 Å². The van der Waals surface area contributed by atoms with E-state index in [0.29, 0.717) is 0 Å². The van der Waals surface area contributed by atoms with Crippen molar-refractivity contribution >= 4 is 18.1 Å². The van der Waals surface area contributed by atoms with Crippen LogP contribution >= 0.6 is 18.1 Å². The maximum absolute atomic E-state index is 5.41. The van der Waals surface area contributed by atoms with Gasteiger partial charge < -0.3 is 0 Å². The molecule has 0 saturated heterocycles. The molecule has 0 N–H and O–H groups in total. The Hall–Kier alpha value is 1.66. The average Bonchev–Trinajstić information content (AvgIpc) is 1.37. The number of hydrogen-bond acceptors (Lipinski definition) is 0. The first-order valence-corrected chi connectivity index (χ1v) is 12.1. The molecule has 1 atom stereocenters. The summed E-state index contributed by atoms with van der Waals surface area (Å²) in [5.74, 6) is 0. The molecule has 0 nitrogen and oxygen atoms in total. The van der Waals surface area contributed by atoms with Gasteiger partial charge in [-0.1, -0.05) is 0 Å². The van der Waals surface area contributed by atoms with Gasteiger partial charge in [0.05, 0.1) is 0 Å². The monoisotopic (exact) mass is 300 g/mol. The summed E-state index contributed by atoms with van der Waals surface area (Å²) in [6, 6.07) is 0. The average molecular weight is 299 g/mol. The van der Waals surface area contributed by atoms with Gasteiger partial charge in [-0.3, -0.25) is 0 Å². The molecule has 0 radical (unpaired) electrons.